The molecule has 6 heteroatoms. The number of rotatable bonds is 5. The van der Waals surface area contributed by atoms with E-state index in [-0.39, 0.29) is 5.82 Å². The van der Waals surface area contributed by atoms with Gasteiger partial charge in [0, 0.05) is 17.9 Å². The molecular formula is C12H13ClFN3O. The van der Waals surface area contributed by atoms with Gasteiger partial charge in [-0.3, -0.25) is 0 Å². The van der Waals surface area contributed by atoms with Crippen molar-refractivity contribution in [3.8, 4) is 0 Å². The number of nitrogens with zero attached hydrogens (tertiary/aromatic N) is 2. The zero-order valence-electron chi connectivity index (χ0n) is 9.70. The second-order valence-corrected chi connectivity index (χ2v) is 4.32. The third-order valence-corrected chi connectivity index (χ3v) is 2.82. The fraction of sp³-hybridized carbons (Fsp3) is 0.333. The molecule has 1 heterocycles. The molecule has 0 saturated heterocycles. The van der Waals surface area contributed by atoms with Crippen LogP contribution in [0.3, 0.4) is 0 Å². The maximum absolute atomic E-state index is 12.9. The number of hydrogen-bond acceptors (Lipinski definition) is 4. The van der Waals surface area contributed by atoms with Crippen molar-refractivity contribution in [1.82, 2.24) is 10.1 Å². The van der Waals surface area contributed by atoms with Crippen LogP contribution in [0.1, 0.15) is 23.7 Å². The van der Waals surface area contributed by atoms with Gasteiger partial charge in [0.2, 0.25) is 5.89 Å². The second-order valence-electron chi connectivity index (χ2n) is 3.91. The Morgan fingerprint density at radius 1 is 1.39 bits per heavy atom. The van der Waals surface area contributed by atoms with Crippen LogP contribution in [0.4, 0.5) is 4.39 Å². The van der Waals surface area contributed by atoms with Crippen molar-refractivity contribution in [3.05, 3.63) is 46.3 Å². The largest absolute Gasteiger partial charge is 0.339 e. The molecule has 0 aliphatic carbocycles. The number of aryl methyl sites for hydroxylation is 1. The predicted molar refractivity (Wildman–Crippen MR) is 65.9 cm³/mol. The minimum atomic E-state index is -0.361. The van der Waals surface area contributed by atoms with E-state index >= 15 is 0 Å². The molecule has 1 aromatic carbocycles. The molecule has 4 nitrogen and oxygen atoms in total. The molecule has 0 amide bonds. The van der Waals surface area contributed by atoms with E-state index in [4.69, 9.17) is 21.9 Å². The lowest BCUT2D eigenvalue weighted by Gasteiger charge is -2.00. The lowest BCUT2D eigenvalue weighted by Crippen LogP contribution is -2.00. The molecule has 2 rings (SSSR count). The number of halogens is 2. The SMILES string of the molecule is NCCCc1nc(Cc2ccc(F)cc2Cl)no1. The average Bonchev–Trinajstić information content (AvgIpc) is 2.78. The van der Waals surface area contributed by atoms with Crippen LogP contribution in [0, 0.1) is 5.82 Å². The first-order valence-electron chi connectivity index (χ1n) is 5.64. The summed E-state index contributed by atoms with van der Waals surface area (Å²) in [7, 11) is 0. The number of benzene rings is 1. The quantitative estimate of drug-likeness (QED) is 0.905. The van der Waals surface area contributed by atoms with Gasteiger partial charge < -0.3 is 10.3 Å². The summed E-state index contributed by atoms with van der Waals surface area (Å²) in [6, 6.07) is 4.25. The summed E-state index contributed by atoms with van der Waals surface area (Å²) >= 11 is 5.93. The van der Waals surface area contributed by atoms with E-state index in [2.05, 4.69) is 10.1 Å². The Morgan fingerprint density at radius 2 is 2.22 bits per heavy atom. The number of aromatic nitrogens is 2. The first-order valence-corrected chi connectivity index (χ1v) is 6.02. The average molecular weight is 270 g/mol. The first-order chi connectivity index (χ1) is 8.69. The van der Waals surface area contributed by atoms with Crippen LogP contribution in [0.25, 0.3) is 0 Å². The maximum atomic E-state index is 12.9. The monoisotopic (exact) mass is 269 g/mol. The molecular weight excluding hydrogens is 257 g/mol. The third kappa shape index (κ3) is 3.27. The molecule has 2 N–H and O–H groups in total. The molecule has 1 aromatic heterocycles. The van der Waals surface area contributed by atoms with Crippen LogP contribution < -0.4 is 5.73 Å². The van der Waals surface area contributed by atoms with Gasteiger partial charge in [0.05, 0.1) is 0 Å². The van der Waals surface area contributed by atoms with Crippen LogP contribution in [0.2, 0.25) is 5.02 Å². The summed E-state index contributed by atoms with van der Waals surface area (Å²) in [5.74, 6) is 0.740. The van der Waals surface area contributed by atoms with Gasteiger partial charge in [-0.25, -0.2) is 4.39 Å². The van der Waals surface area contributed by atoms with Crippen molar-refractivity contribution < 1.29 is 8.91 Å². The van der Waals surface area contributed by atoms with E-state index in [1.54, 1.807) is 6.07 Å². The van der Waals surface area contributed by atoms with Gasteiger partial charge in [-0.15, -0.1) is 0 Å². The van der Waals surface area contributed by atoms with E-state index in [1.165, 1.54) is 12.1 Å². The molecule has 0 radical (unpaired) electrons. The van der Waals surface area contributed by atoms with Crippen LogP contribution in [0.15, 0.2) is 22.7 Å². The predicted octanol–water partition coefficient (Wildman–Crippen LogP) is 2.34. The molecule has 0 saturated carbocycles. The van der Waals surface area contributed by atoms with E-state index in [1.807, 2.05) is 0 Å². The van der Waals surface area contributed by atoms with Gasteiger partial charge in [0.25, 0.3) is 0 Å². The Morgan fingerprint density at radius 3 is 2.94 bits per heavy atom. The lowest BCUT2D eigenvalue weighted by molar-refractivity contribution is 0.371. The molecule has 96 valence electrons. The van der Waals surface area contributed by atoms with Gasteiger partial charge in [-0.1, -0.05) is 22.8 Å². The molecule has 0 atom stereocenters. The Kier molecular flexibility index (Phi) is 4.28. The second kappa shape index (κ2) is 5.93. The third-order valence-electron chi connectivity index (χ3n) is 2.47. The normalized spacial score (nSPS) is 10.8. The molecule has 0 aliphatic rings. The Labute approximate surface area is 109 Å². The van der Waals surface area contributed by atoms with Gasteiger partial charge in [0.15, 0.2) is 5.82 Å². The van der Waals surface area contributed by atoms with Crippen LogP contribution in [-0.2, 0) is 12.8 Å². The maximum Gasteiger partial charge on any atom is 0.226 e. The zero-order chi connectivity index (χ0) is 13.0. The summed E-state index contributed by atoms with van der Waals surface area (Å²) < 4.78 is 18.0. The molecule has 0 fully saturated rings. The summed E-state index contributed by atoms with van der Waals surface area (Å²) in [5, 5.41) is 4.21. The minimum absolute atomic E-state index is 0.361. The van der Waals surface area contributed by atoms with E-state index in [0.717, 1.165) is 12.0 Å². The van der Waals surface area contributed by atoms with Crippen molar-refractivity contribution in [3.63, 3.8) is 0 Å². The van der Waals surface area contributed by atoms with Crippen LogP contribution in [0.5, 0.6) is 0 Å². The summed E-state index contributed by atoms with van der Waals surface area (Å²) in [5.41, 5.74) is 6.17. The smallest absolute Gasteiger partial charge is 0.226 e. The highest BCUT2D eigenvalue weighted by atomic mass is 35.5. The summed E-state index contributed by atoms with van der Waals surface area (Å²) in [6.45, 7) is 0.585. The molecule has 0 aliphatic heterocycles. The van der Waals surface area contributed by atoms with E-state index in [0.29, 0.717) is 36.1 Å². The summed E-state index contributed by atoms with van der Waals surface area (Å²) in [6.07, 6.45) is 1.89. The first kappa shape index (κ1) is 13.0. The van der Waals surface area contributed by atoms with Crippen molar-refractivity contribution in [1.29, 1.82) is 0 Å². The van der Waals surface area contributed by atoms with E-state index in [9.17, 15) is 4.39 Å². The van der Waals surface area contributed by atoms with Gasteiger partial charge in [0.1, 0.15) is 5.82 Å². The molecule has 0 bridgehead atoms. The highest BCUT2D eigenvalue weighted by Gasteiger charge is 2.09. The standard InChI is InChI=1S/C12H13ClFN3O/c13-10-7-9(14)4-3-8(10)6-11-16-12(18-17-11)2-1-5-15/h3-4,7H,1-2,5-6,15H2. The Hall–Kier alpha value is -1.46. The lowest BCUT2D eigenvalue weighted by atomic mass is 10.1. The highest BCUT2D eigenvalue weighted by Crippen LogP contribution is 2.19. The molecule has 18 heavy (non-hydrogen) atoms. The van der Waals surface area contributed by atoms with Crippen LogP contribution in [-0.4, -0.2) is 16.7 Å². The fourth-order valence-electron chi connectivity index (χ4n) is 1.55. The van der Waals surface area contributed by atoms with Crippen molar-refractivity contribution >= 4 is 11.6 Å². The van der Waals surface area contributed by atoms with Gasteiger partial charge >= 0.3 is 0 Å². The van der Waals surface area contributed by atoms with Gasteiger partial charge in [-0.2, -0.15) is 4.98 Å². The zero-order valence-corrected chi connectivity index (χ0v) is 10.5. The number of hydrogen-bond donors (Lipinski definition) is 1. The van der Waals surface area contributed by atoms with Crippen molar-refractivity contribution in [2.45, 2.75) is 19.3 Å². The van der Waals surface area contributed by atoms with Crippen LogP contribution >= 0.6 is 11.6 Å². The van der Waals surface area contributed by atoms with Crippen molar-refractivity contribution in [2.24, 2.45) is 5.73 Å². The summed E-state index contributed by atoms with van der Waals surface area (Å²) in [4.78, 5) is 4.22. The number of nitrogens with two attached hydrogens (primary N) is 1. The molecule has 2 aromatic rings. The Bertz CT molecular complexity index is 530. The topological polar surface area (TPSA) is 64.9 Å². The molecule has 0 spiro atoms. The van der Waals surface area contributed by atoms with Gasteiger partial charge in [-0.05, 0) is 30.7 Å². The van der Waals surface area contributed by atoms with E-state index < -0.39 is 0 Å². The highest BCUT2D eigenvalue weighted by molar-refractivity contribution is 6.31. The Balaban J connectivity index is 2.06. The molecule has 0 unspecified atom stereocenters. The minimum Gasteiger partial charge on any atom is -0.339 e. The van der Waals surface area contributed by atoms with Crippen molar-refractivity contribution in [2.75, 3.05) is 6.54 Å². The fourth-order valence-corrected chi connectivity index (χ4v) is 1.79.